The van der Waals surface area contributed by atoms with E-state index in [4.69, 9.17) is 4.52 Å². The number of benzene rings is 1. The smallest absolute Gasteiger partial charge is 0.191 e. The molecule has 0 atom stereocenters. The highest BCUT2D eigenvalue weighted by molar-refractivity contribution is 14.0. The second-order valence-electron chi connectivity index (χ2n) is 6.95. The third kappa shape index (κ3) is 7.19. The van der Waals surface area contributed by atoms with Gasteiger partial charge in [-0.1, -0.05) is 49.3 Å². The molecular weight excluding hydrogens is 479 g/mol. The molecule has 0 amide bonds. The molecule has 2 aromatic heterocycles. The van der Waals surface area contributed by atoms with Crippen molar-refractivity contribution in [3.8, 4) is 0 Å². The van der Waals surface area contributed by atoms with Crippen LogP contribution >= 0.6 is 24.0 Å². The highest BCUT2D eigenvalue weighted by atomic mass is 127. The number of hydrogen-bond acceptors (Lipinski definition) is 4. The Kier molecular flexibility index (Phi) is 9.17. The Morgan fingerprint density at radius 2 is 1.97 bits per heavy atom. The summed E-state index contributed by atoms with van der Waals surface area (Å²) in [6.45, 7) is 8.87. The first-order chi connectivity index (χ1) is 13.6. The summed E-state index contributed by atoms with van der Waals surface area (Å²) in [5, 5.41) is 15.0. The summed E-state index contributed by atoms with van der Waals surface area (Å²) in [7, 11) is 0. The number of aliphatic imine (C=N–C) groups is 1. The average molecular weight is 508 g/mol. The van der Waals surface area contributed by atoms with Crippen LogP contribution in [0.3, 0.4) is 0 Å². The van der Waals surface area contributed by atoms with Gasteiger partial charge in [0, 0.05) is 24.4 Å². The van der Waals surface area contributed by atoms with Gasteiger partial charge in [-0.25, -0.2) is 4.99 Å². The summed E-state index contributed by atoms with van der Waals surface area (Å²) in [5.74, 6) is 1.89. The third-order valence-electron chi connectivity index (χ3n) is 4.24. The lowest BCUT2D eigenvalue weighted by molar-refractivity contribution is 0.372. The zero-order valence-corrected chi connectivity index (χ0v) is 19.5. The quantitative estimate of drug-likeness (QED) is 0.274. The molecule has 0 saturated carbocycles. The van der Waals surface area contributed by atoms with Gasteiger partial charge >= 0.3 is 0 Å². The maximum Gasteiger partial charge on any atom is 0.191 e. The van der Waals surface area contributed by atoms with Crippen LogP contribution in [0.15, 0.2) is 58.3 Å². The maximum atomic E-state index is 5.37. The number of rotatable bonds is 8. The Morgan fingerprint density at radius 3 is 2.66 bits per heavy atom. The van der Waals surface area contributed by atoms with Crippen LogP contribution in [-0.4, -0.2) is 27.4 Å². The van der Waals surface area contributed by atoms with Gasteiger partial charge < -0.3 is 15.2 Å². The average Bonchev–Trinajstić information content (AvgIpc) is 3.34. The molecule has 0 saturated heterocycles. The van der Waals surface area contributed by atoms with E-state index in [2.05, 4.69) is 51.9 Å². The summed E-state index contributed by atoms with van der Waals surface area (Å²) in [6.07, 6.45) is 3.90. The van der Waals surface area contributed by atoms with Crippen molar-refractivity contribution < 1.29 is 4.52 Å². The molecule has 1 aromatic carbocycles. The van der Waals surface area contributed by atoms with Gasteiger partial charge in [0.1, 0.15) is 0 Å². The van der Waals surface area contributed by atoms with Crippen molar-refractivity contribution >= 4 is 29.9 Å². The molecule has 0 fully saturated rings. The first-order valence-electron chi connectivity index (χ1n) is 9.67. The van der Waals surface area contributed by atoms with Gasteiger partial charge in [-0.2, -0.15) is 5.10 Å². The molecule has 0 aliphatic heterocycles. The molecular formula is C21H29IN6O. The van der Waals surface area contributed by atoms with E-state index >= 15 is 0 Å². The molecule has 156 valence electrons. The molecule has 8 heteroatoms. The van der Waals surface area contributed by atoms with Crippen LogP contribution in [0.25, 0.3) is 0 Å². The Bertz CT molecular complexity index is 887. The van der Waals surface area contributed by atoms with Gasteiger partial charge in [0.2, 0.25) is 0 Å². The van der Waals surface area contributed by atoms with Gasteiger partial charge in [0.15, 0.2) is 11.7 Å². The fraction of sp³-hybridized carbons (Fsp3) is 0.381. The number of halogens is 1. The van der Waals surface area contributed by atoms with Crippen LogP contribution < -0.4 is 10.6 Å². The zero-order valence-electron chi connectivity index (χ0n) is 17.1. The van der Waals surface area contributed by atoms with Gasteiger partial charge in [-0.05, 0) is 18.4 Å². The molecule has 0 bridgehead atoms. The van der Waals surface area contributed by atoms with Crippen LogP contribution in [0.4, 0.5) is 0 Å². The van der Waals surface area contributed by atoms with E-state index in [0.29, 0.717) is 19.0 Å². The summed E-state index contributed by atoms with van der Waals surface area (Å²) >= 11 is 0. The van der Waals surface area contributed by atoms with Crippen molar-refractivity contribution in [2.75, 3.05) is 6.54 Å². The minimum absolute atomic E-state index is 0. The standard InChI is InChI=1S/C21H28N6O.HI/c1-4-22-21(24-13-19-10-20(16(2)3)26-28-19)23-11-18-12-25-27(15-18)14-17-8-6-5-7-9-17;/h5-10,12,15-16H,4,11,13-14H2,1-3H3,(H2,22,23,24);1H. The molecule has 7 nitrogen and oxygen atoms in total. The summed E-state index contributed by atoms with van der Waals surface area (Å²) in [6, 6.07) is 12.3. The van der Waals surface area contributed by atoms with Crippen molar-refractivity contribution in [3.05, 3.63) is 71.4 Å². The first-order valence-corrected chi connectivity index (χ1v) is 9.67. The van der Waals surface area contributed by atoms with Crippen LogP contribution in [0.2, 0.25) is 0 Å². The number of hydrogen-bond donors (Lipinski definition) is 2. The number of guanidine groups is 1. The Labute approximate surface area is 189 Å². The van der Waals surface area contributed by atoms with Crippen LogP contribution in [-0.2, 0) is 19.6 Å². The molecule has 0 radical (unpaired) electrons. The largest absolute Gasteiger partial charge is 0.359 e. The van der Waals surface area contributed by atoms with Crippen molar-refractivity contribution in [2.24, 2.45) is 4.99 Å². The summed E-state index contributed by atoms with van der Waals surface area (Å²) < 4.78 is 7.30. The SMILES string of the molecule is CCNC(=NCc1cnn(Cc2ccccc2)c1)NCc1cc(C(C)C)no1.I. The second kappa shape index (κ2) is 11.6. The fourth-order valence-electron chi connectivity index (χ4n) is 2.71. The predicted molar refractivity (Wildman–Crippen MR) is 125 cm³/mol. The first kappa shape index (κ1) is 22.9. The Hall–Kier alpha value is -2.36. The van der Waals surface area contributed by atoms with Crippen molar-refractivity contribution in [1.29, 1.82) is 0 Å². The monoisotopic (exact) mass is 508 g/mol. The Balaban J connectivity index is 0.00000300. The minimum atomic E-state index is 0. The molecule has 2 N–H and O–H groups in total. The van der Waals surface area contributed by atoms with E-state index < -0.39 is 0 Å². The number of nitrogens with zero attached hydrogens (tertiary/aromatic N) is 4. The maximum absolute atomic E-state index is 5.37. The van der Waals surface area contributed by atoms with E-state index in [0.717, 1.165) is 36.1 Å². The van der Waals surface area contributed by atoms with Crippen LogP contribution in [0, 0.1) is 0 Å². The number of aromatic nitrogens is 3. The molecule has 0 spiro atoms. The third-order valence-corrected chi connectivity index (χ3v) is 4.24. The fourth-order valence-corrected chi connectivity index (χ4v) is 2.71. The van der Waals surface area contributed by atoms with E-state index in [-0.39, 0.29) is 24.0 Å². The van der Waals surface area contributed by atoms with Crippen LogP contribution in [0.1, 0.15) is 49.3 Å². The van der Waals surface area contributed by atoms with E-state index in [1.54, 1.807) is 0 Å². The molecule has 2 heterocycles. The summed E-state index contributed by atoms with van der Waals surface area (Å²) in [4.78, 5) is 4.64. The summed E-state index contributed by atoms with van der Waals surface area (Å²) in [5.41, 5.74) is 3.25. The highest BCUT2D eigenvalue weighted by Crippen LogP contribution is 2.13. The topological polar surface area (TPSA) is 80.3 Å². The molecule has 0 unspecified atom stereocenters. The molecule has 3 aromatic rings. The molecule has 0 aliphatic rings. The number of nitrogens with one attached hydrogen (secondary N) is 2. The van der Waals surface area contributed by atoms with E-state index in [1.807, 2.05) is 48.3 Å². The lowest BCUT2D eigenvalue weighted by Gasteiger charge is -2.09. The zero-order chi connectivity index (χ0) is 19.8. The van der Waals surface area contributed by atoms with Gasteiger partial charge in [0.25, 0.3) is 0 Å². The molecule has 3 rings (SSSR count). The molecule has 0 aliphatic carbocycles. The predicted octanol–water partition coefficient (Wildman–Crippen LogP) is 3.92. The van der Waals surface area contributed by atoms with Gasteiger partial charge in [-0.15, -0.1) is 24.0 Å². The van der Waals surface area contributed by atoms with Crippen molar-refractivity contribution in [1.82, 2.24) is 25.6 Å². The molecule has 29 heavy (non-hydrogen) atoms. The van der Waals surface area contributed by atoms with Crippen LogP contribution in [0.5, 0.6) is 0 Å². The van der Waals surface area contributed by atoms with E-state index in [1.165, 1.54) is 5.56 Å². The van der Waals surface area contributed by atoms with Crippen molar-refractivity contribution in [2.45, 2.75) is 46.3 Å². The highest BCUT2D eigenvalue weighted by Gasteiger charge is 2.08. The lowest BCUT2D eigenvalue weighted by atomic mass is 10.1. The van der Waals surface area contributed by atoms with Gasteiger partial charge in [-0.3, -0.25) is 4.68 Å². The van der Waals surface area contributed by atoms with Crippen molar-refractivity contribution in [3.63, 3.8) is 0 Å². The lowest BCUT2D eigenvalue weighted by Crippen LogP contribution is -2.36. The normalized spacial score (nSPS) is 11.4. The second-order valence-corrected chi connectivity index (χ2v) is 6.95. The van der Waals surface area contributed by atoms with Gasteiger partial charge in [0.05, 0.1) is 31.5 Å². The Morgan fingerprint density at radius 1 is 1.17 bits per heavy atom. The minimum Gasteiger partial charge on any atom is -0.359 e. The van der Waals surface area contributed by atoms with E-state index in [9.17, 15) is 0 Å².